The zero-order chi connectivity index (χ0) is 21.0. The third kappa shape index (κ3) is 5.29. The molecule has 0 saturated carbocycles. The summed E-state index contributed by atoms with van der Waals surface area (Å²) >= 11 is 0.582. The molecule has 0 radical (unpaired) electrons. The van der Waals surface area contributed by atoms with E-state index < -0.39 is 29.1 Å². The highest BCUT2D eigenvalue weighted by atomic mass is 32.2. The van der Waals surface area contributed by atoms with Gasteiger partial charge < -0.3 is 5.32 Å². The number of rotatable bonds is 6. The van der Waals surface area contributed by atoms with E-state index >= 15 is 0 Å². The first-order valence-corrected chi connectivity index (χ1v) is 9.53. The molecule has 29 heavy (non-hydrogen) atoms. The van der Waals surface area contributed by atoms with E-state index in [1.54, 1.807) is 36.4 Å². The molecule has 1 heterocycles. The van der Waals surface area contributed by atoms with Crippen LogP contribution in [0.15, 0.2) is 63.0 Å². The number of anilines is 1. The lowest BCUT2D eigenvalue weighted by molar-refractivity contribution is -0.116. The Balaban J connectivity index is 1.73. The van der Waals surface area contributed by atoms with Crippen molar-refractivity contribution in [3.05, 3.63) is 69.4 Å². The fourth-order valence-corrected chi connectivity index (χ4v) is 3.51. The Morgan fingerprint density at radius 1 is 1.07 bits per heavy atom. The van der Waals surface area contributed by atoms with E-state index in [0.29, 0.717) is 27.6 Å². The van der Waals surface area contributed by atoms with Gasteiger partial charge in [-0.25, -0.2) is 4.79 Å². The summed E-state index contributed by atoms with van der Waals surface area (Å²) in [5, 5.41) is 2.90. The molecule has 1 amide bonds. The van der Waals surface area contributed by atoms with Crippen molar-refractivity contribution < 1.29 is 18.0 Å². The number of carbonyl (C=O) groups excluding carboxylic acids is 1. The maximum absolute atomic E-state index is 12.5. The van der Waals surface area contributed by atoms with Crippen LogP contribution in [0.4, 0.5) is 18.9 Å². The van der Waals surface area contributed by atoms with Gasteiger partial charge in [-0.1, -0.05) is 24.3 Å². The summed E-state index contributed by atoms with van der Waals surface area (Å²) in [4.78, 5) is 38.8. The van der Waals surface area contributed by atoms with Crippen LogP contribution >= 0.6 is 11.8 Å². The average Bonchev–Trinajstić information content (AvgIpc) is 2.66. The van der Waals surface area contributed by atoms with Crippen molar-refractivity contribution in [1.82, 2.24) is 9.55 Å². The number of hydrogen-bond acceptors (Lipinski definition) is 4. The molecule has 10 heteroatoms. The Morgan fingerprint density at radius 3 is 2.52 bits per heavy atom. The van der Waals surface area contributed by atoms with Gasteiger partial charge in [-0.2, -0.15) is 13.2 Å². The minimum Gasteiger partial charge on any atom is -0.325 e. The second kappa shape index (κ2) is 8.56. The molecule has 0 aliphatic heterocycles. The largest absolute Gasteiger partial charge is 0.398 e. The molecule has 0 spiro atoms. The molecule has 0 aliphatic rings. The van der Waals surface area contributed by atoms with Crippen LogP contribution in [0.5, 0.6) is 0 Å². The number of benzene rings is 2. The van der Waals surface area contributed by atoms with Gasteiger partial charge in [0.25, 0.3) is 5.56 Å². The Hall–Kier alpha value is -3.01. The molecular weight excluding hydrogens is 407 g/mol. The smallest absolute Gasteiger partial charge is 0.325 e. The maximum Gasteiger partial charge on any atom is 0.398 e. The third-order valence-electron chi connectivity index (χ3n) is 4.02. The Bertz CT molecular complexity index is 1150. The molecule has 0 saturated heterocycles. The Labute approximate surface area is 166 Å². The van der Waals surface area contributed by atoms with Crippen molar-refractivity contribution in [3.63, 3.8) is 0 Å². The van der Waals surface area contributed by atoms with E-state index in [4.69, 9.17) is 0 Å². The Kier molecular flexibility index (Phi) is 6.12. The molecule has 0 bridgehead atoms. The molecule has 0 unspecified atom stereocenters. The lowest BCUT2D eigenvalue weighted by atomic mass is 10.2. The van der Waals surface area contributed by atoms with Crippen LogP contribution in [-0.2, 0) is 11.3 Å². The van der Waals surface area contributed by atoms with Crippen molar-refractivity contribution >= 4 is 34.3 Å². The molecule has 1 aromatic heterocycles. The molecule has 6 nitrogen and oxygen atoms in total. The van der Waals surface area contributed by atoms with Gasteiger partial charge in [-0.3, -0.25) is 19.1 Å². The number of aryl methyl sites for hydroxylation is 1. The number of fused-ring (bicyclic) bond motifs is 1. The topological polar surface area (TPSA) is 84.0 Å². The number of halogens is 3. The summed E-state index contributed by atoms with van der Waals surface area (Å²) in [7, 11) is 0. The highest BCUT2D eigenvalue weighted by Crippen LogP contribution is 2.32. The first-order chi connectivity index (χ1) is 13.7. The predicted octanol–water partition coefficient (Wildman–Crippen LogP) is 3.37. The van der Waals surface area contributed by atoms with Crippen LogP contribution < -0.4 is 16.6 Å². The van der Waals surface area contributed by atoms with Gasteiger partial charge in [-0.15, -0.1) is 11.8 Å². The standard InChI is InChI=1S/C19H16F3N3O3S/c20-19(21,22)11-29-15-8-4-2-6-13(15)23-16(26)9-10-25-14-7-3-1-5-12(14)17(27)24-18(25)28/h1-8H,9-11H2,(H,23,26)(H,24,27,28). The number of nitrogens with one attached hydrogen (secondary N) is 2. The minimum absolute atomic E-state index is 0.000178. The van der Waals surface area contributed by atoms with Crippen molar-refractivity contribution in [2.75, 3.05) is 11.1 Å². The first kappa shape index (κ1) is 20.7. The van der Waals surface area contributed by atoms with E-state index in [-0.39, 0.29) is 18.7 Å². The number of para-hydroxylation sites is 2. The summed E-state index contributed by atoms with van der Waals surface area (Å²) in [6, 6.07) is 12.7. The molecular formula is C19H16F3N3O3S. The second-order valence-corrected chi connectivity index (χ2v) is 7.14. The zero-order valence-electron chi connectivity index (χ0n) is 15.0. The molecule has 0 aliphatic carbocycles. The van der Waals surface area contributed by atoms with Gasteiger partial charge in [0.05, 0.1) is 22.3 Å². The van der Waals surface area contributed by atoms with Crippen molar-refractivity contribution in [2.45, 2.75) is 24.0 Å². The predicted molar refractivity (Wildman–Crippen MR) is 105 cm³/mol. The fraction of sp³-hybridized carbons (Fsp3) is 0.211. The van der Waals surface area contributed by atoms with Gasteiger partial charge in [-0.05, 0) is 24.3 Å². The number of alkyl halides is 3. The van der Waals surface area contributed by atoms with Crippen LogP contribution in [0.25, 0.3) is 10.9 Å². The van der Waals surface area contributed by atoms with Crippen LogP contribution in [-0.4, -0.2) is 27.4 Å². The number of amides is 1. The summed E-state index contributed by atoms with van der Waals surface area (Å²) < 4.78 is 38.7. The summed E-state index contributed by atoms with van der Waals surface area (Å²) in [5.41, 5.74) is -0.481. The highest BCUT2D eigenvalue weighted by Gasteiger charge is 2.27. The molecule has 152 valence electrons. The number of aromatic amines is 1. The molecule has 2 aromatic carbocycles. The molecule has 3 rings (SSSR count). The number of hydrogen-bond donors (Lipinski definition) is 2. The van der Waals surface area contributed by atoms with Gasteiger partial charge in [0.1, 0.15) is 0 Å². The first-order valence-electron chi connectivity index (χ1n) is 8.55. The van der Waals surface area contributed by atoms with Crippen molar-refractivity contribution in [2.24, 2.45) is 0 Å². The number of aromatic nitrogens is 2. The van der Waals surface area contributed by atoms with Crippen LogP contribution in [0.3, 0.4) is 0 Å². The zero-order valence-corrected chi connectivity index (χ0v) is 15.8. The van der Waals surface area contributed by atoms with Crippen molar-refractivity contribution in [3.8, 4) is 0 Å². The quantitative estimate of drug-likeness (QED) is 0.596. The monoisotopic (exact) mass is 423 g/mol. The van der Waals surface area contributed by atoms with Crippen LogP contribution in [0.2, 0.25) is 0 Å². The third-order valence-corrected chi connectivity index (χ3v) is 5.16. The number of thioether (sulfide) groups is 1. The normalized spacial score (nSPS) is 11.6. The van der Waals surface area contributed by atoms with E-state index in [9.17, 15) is 27.6 Å². The molecule has 2 N–H and O–H groups in total. The molecule has 0 atom stereocenters. The van der Waals surface area contributed by atoms with Gasteiger partial charge in [0.15, 0.2) is 0 Å². The van der Waals surface area contributed by atoms with E-state index in [1.807, 2.05) is 0 Å². The van der Waals surface area contributed by atoms with Crippen LogP contribution in [0, 0.1) is 0 Å². The summed E-state index contributed by atoms with van der Waals surface area (Å²) in [5.74, 6) is -1.54. The summed E-state index contributed by atoms with van der Waals surface area (Å²) in [6.07, 6.45) is -4.43. The average molecular weight is 423 g/mol. The molecule has 0 fully saturated rings. The fourth-order valence-electron chi connectivity index (χ4n) is 2.75. The number of nitrogens with zero attached hydrogens (tertiary/aromatic N) is 1. The number of H-pyrrole nitrogens is 1. The van der Waals surface area contributed by atoms with Crippen LogP contribution in [0.1, 0.15) is 6.42 Å². The minimum atomic E-state index is -4.33. The second-order valence-electron chi connectivity index (χ2n) is 6.13. The lowest BCUT2D eigenvalue weighted by Crippen LogP contribution is -2.31. The van der Waals surface area contributed by atoms with Gasteiger partial charge in [0.2, 0.25) is 5.91 Å². The van der Waals surface area contributed by atoms with E-state index in [0.717, 1.165) is 0 Å². The number of carbonyl (C=O) groups is 1. The van der Waals surface area contributed by atoms with E-state index in [1.165, 1.54) is 16.7 Å². The van der Waals surface area contributed by atoms with E-state index in [2.05, 4.69) is 10.3 Å². The summed E-state index contributed by atoms with van der Waals surface area (Å²) in [6.45, 7) is -0.000178. The highest BCUT2D eigenvalue weighted by molar-refractivity contribution is 7.99. The van der Waals surface area contributed by atoms with Crippen molar-refractivity contribution in [1.29, 1.82) is 0 Å². The lowest BCUT2D eigenvalue weighted by Gasteiger charge is -2.13. The van der Waals surface area contributed by atoms with Gasteiger partial charge >= 0.3 is 11.9 Å². The van der Waals surface area contributed by atoms with Gasteiger partial charge in [0, 0.05) is 17.9 Å². The SMILES string of the molecule is O=C(CCn1c(=O)[nH]c(=O)c2ccccc21)Nc1ccccc1SCC(F)(F)F. The molecule has 3 aromatic rings. The maximum atomic E-state index is 12.5. The Morgan fingerprint density at radius 2 is 1.76 bits per heavy atom.